The largest absolute Gasteiger partial charge is 0.310 e. The van der Waals surface area contributed by atoms with Crippen LogP contribution in [0.2, 0.25) is 0 Å². The average molecular weight is 301 g/mol. The Morgan fingerprint density at radius 1 is 1.27 bits per heavy atom. The molecule has 0 aliphatic heterocycles. The number of carbonyl (C=O) groups is 1. The summed E-state index contributed by atoms with van der Waals surface area (Å²) in [5, 5.41) is 6.08. The third kappa shape index (κ3) is 2.90. The molecule has 1 aromatic carbocycles. The highest BCUT2D eigenvalue weighted by atomic mass is 16.2. The molecule has 0 saturated heterocycles. The van der Waals surface area contributed by atoms with Gasteiger partial charge in [0.1, 0.15) is 5.56 Å². The maximum atomic E-state index is 12.7. The quantitative estimate of drug-likeness (QED) is 0.803. The van der Waals surface area contributed by atoms with Gasteiger partial charge in [0.2, 0.25) is 0 Å². The summed E-state index contributed by atoms with van der Waals surface area (Å²) < 4.78 is 1.49. The first-order chi connectivity index (χ1) is 10.5. The van der Waals surface area contributed by atoms with Crippen LogP contribution in [0, 0.1) is 13.8 Å². The number of benzene rings is 1. The van der Waals surface area contributed by atoms with Gasteiger partial charge in [-0.3, -0.25) is 14.7 Å². The van der Waals surface area contributed by atoms with Crippen molar-refractivity contribution in [3.05, 3.63) is 50.9 Å². The van der Waals surface area contributed by atoms with Crippen LogP contribution < -0.4 is 10.9 Å². The smallest absolute Gasteiger partial charge is 0.282 e. The van der Waals surface area contributed by atoms with Crippen molar-refractivity contribution in [3.8, 4) is 5.69 Å². The van der Waals surface area contributed by atoms with Crippen LogP contribution in [-0.2, 0) is 6.42 Å². The van der Waals surface area contributed by atoms with Gasteiger partial charge in [-0.05, 0) is 44.0 Å². The minimum Gasteiger partial charge on any atom is -0.310 e. The van der Waals surface area contributed by atoms with E-state index in [9.17, 15) is 9.59 Å². The highest BCUT2D eigenvalue weighted by Gasteiger charge is 2.21. The molecule has 0 bridgehead atoms. The van der Waals surface area contributed by atoms with Crippen molar-refractivity contribution in [2.24, 2.45) is 0 Å². The second-order valence-electron chi connectivity index (χ2n) is 5.38. The van der Waals surface area contributed by atoms with Gasteiger partial charge in [0.25, 0.3) is 5.56 Å². The van der Waals surface area contributed by atoms with E-state index >= 15 is 0 Å². The summed E-state index contributed by atoms with van der Waals surface area (Å²) in [6.45, 7) is 8.73. The minimum atomic E-state index is -0.270. The van der Waals surface area contributed by atoms with Crippen LogP contribution in [0.3, 0.4) is 0 Å². The predicted molar refractivity (Wildman–Crippen MR) is 88.1 cm³/mol. The number of carbonyl (C=O) groups excluding carboxylic acids is 1. The van der Waals surface area contributed by atoms with Crippen molar-refractivity contribution < 1.29 is 4.79 Å². The highest BCUT2D eigenvalue weighted by molar-refractivity contribution is 5.98. The highest BCUT2D eigenvalue weighted by Crippen LogP contribution is 2.16. The molecule has 2 aromatic rings. The van der Waals surface area contributed by atoms with Crippen LogP contribution in [0.5, 0.6) is 0 Å². The number of aryl methyl sites for hydroxylation is 2. The lowest BCUT2D eigenvalue weighted by atomic mass is 10.1. The number of aromatic nitrogens is 2. The van der Waals surface area contributed by atoms with Crippen molar-refractivity contribution in [2.45, 2.75) is 34.1 Å². The van der Waals surface area contributed by atoms with Gasteiger partial charge < -0.3 is 5.32 Å². The molecular weight excluding hydrogens is 278 g/mol. The van der Waals surface area contributed by atoms with Gasteiger partial charge in [0, 0.05) is 5.69 Å². The van der Waals surface area contributed by atoms with Gasteiger partial charge in [0.15, 0.2) is 5.78 Å². The third-order valence-corrected chi connectivity index (χ3v) is 3.95. The van der Waals surface area contributed by atoms with Crippen LogP contribution in [0.1, 0.15) is 41.0 Å². The molecule has 2 N–H and O–H groups in total. The number of nitrogens with one attached hydrogen (secondary N) is 2. The number of nitrogens with zero attached hydrogens (tertiary/aromatic N) is 1. The molecule has 22 heavy (non-hydrogen) atoms. The molecule has 0 radical (unpaired) electrons. The number of likely N-dealkylation sites (N-methyl/N-ethyl adjacent to an activating group) is 1. The number of rotatable bonds is 6. The number of hydrogen-bond acceptors (Lipinski definition) is 3. The number of H-pyrrole nitrogens is 1. The zero-order valence-electron chi connectivity index (χ0n) is 13.6. The molecule has 0 saturated carbocycles. The normalized spacial score (nSPS) is 10.9. The fourth-order valence-electron chi connectivity index (χ4n) is 2.50. The number of aromatic amines is 1. The first kappa shape index (κ1) is 16.2. The van der Waals surface area contributed by atoms with E-state index in [1.165, 1.54) is 4.68 Å². The van der Waals surface area contributed by atoms with Gasteiger partial charge in [0.05, 0.1) is 12.2 Å². The Hall–Kier alpha value is -2.14. The number of hydrogen-bond donors (Lipinski definition) is 2. The van der Waals surface area contributed by atoms with Crippen LogP contribution in [0.15, 0.2) is 23.0 Å². The summed E-state index contributed by atoms with van der Waals surface area (Å²) in [7, 11) is 0. The Kier molecular flexibility index (Phi) is 4.98. The molecule has 5 nitrogen and oxygen atoms in total. The molecule has 1 heterocycles. The van der Waals surface area contributed by atoms with Crippen LogP contribution in [-0.4, -0.2) is 28.7 Å². The molecule has 1 aromatic heterocycles. The Bertz CT molecular complexity index is 741. The van der Waals surface area contributed by atoms with Crippen molar-refractivity contribution in [3.63, 3.8) is 0 Å². The zero-order chi connectivity index (χ0) is 16.3. The number of Topliss-reactive ketones (excluding diaryl/α,β-unsaturated/α-hetero) is 1. The maximum absolute atomic E-state index is 12.7. The summed E-state index contributed by atoms with van der Waals surface area (Å²) in [6.07, 6.45) is 0.611. The zero-order valence-corrected chi connectivity index (χ0v) is 13.6. The van der Waals surface area contributed by atoms with Crippen LogP contribution >= 0.6 is 0 Å². The molecule has 2 rings (SSSR count). The maximum Gasteiger partial charge on any atom is 0.282 e. The van der Waals surface area contributed by atoms with Gasteiger partial charge in [-0.2, -0.15) is 0 Å². The SMILES string of the molecule is CCNCC(=O)c1c(CC)[nH]n(-c2cccc(C)c2C)c1=O. The third-order valence-electron chi connectivity index (χ3n) is 3.95. The summed E-state index contributed by atoms with van der Waals surface area (Å²) in [5.74, 6) is -0.163. The topological polar surface area (TPSA) is 66.9 Å². The molecule has 5 heteroatoms. The molecule has 0 aliphatic rings. The van der Waals surface area contributed by atoms with Crippen molar-refractivity contribution in [1.82, 2.24) is 15.1 Å². The molecule has 0 spiro atoms. The Morgan fingerprint density at radius 3 is 2.64 bits per heavy atom. The van der Waals surface area contributed by atoms with Crippen LogP contribution in [0.4, 0.5) is 0 Å². The van der Waals surface area contributed by atoms with Gasteiger partial charge in [-0.15, -0.1) is 0 Å². The Balaban J connectivity index is 2.56. The lowest BCUT2D eigenvalue weighted by Gasteiger charge is -2.08. The van der Waals surface area contributed by atoms with Crippen molar-refractivity contribution in [2.75, 3.05) is 13.1 Å². The summed E-state index contributed by atoms with van der Waals surface area (Å²) in [6, 6.07) is 5.81. The second-order valence-corrected chi connectivity index (χ2v) is 5.38. The van der Waals surface area contributed by atoms with E-state index in [4.69, 9.17) is 0 Å². The summed E-state index contributed by atoms with van der Waals surface area (Å²) in [5.41, 5.74) is 3.62. The fraction of sp³-hybridized carbons (Fsp3) is 0.412. The molecule has 118 valence electrons. The predicted octanol–water partition coefficient (Wildman–Crippen LogP) is 2.14. The minimum absolute atomic E-state index is 0.163. The fourth-order valence-corrected chi connectivity index (χ4v) is 2.50. The summed E-state index contributed by atoms with van der Waals surface area (Å²) >= 11 is 0. The van der Waals surface area contributed by atoms with Gasteiger partial charge in [-0.25, -0.2) is 4.68 Å². The van der Waals surface area contributed by atoms with Gasteiger partial charge in [-0.1, -0.05) is 26.0 Å². The Labute approximate surface area is 130 Å². The van der Waals surface area contributed by atoms with E-state index in [1.807, 2.05) is 45.9 Å². The molecule has 0 fully saturated rings. The van der Waals surface area contributed by atoms with Crippen molar-refractivity contribution in [1.29, 1.82) is 0 Å². The first-order valence-corrected chi connectivity index (χ1v) is 7.65. The second kappa shape index (κ2) is 6.75. The molecule has 0 atom stereocenters. The van der Waals surface area contributed by atoms with E-state index in [1.54, 1.807) is 0 Å². The van der Waals surface area contributed by atoms with Crippen LogP contribution in [0.25, 0.3) is 5.69 Å². The van der Waals surface area contributed by atoms with E-state index in [-0.39, 0.29) is 23.5 Å². The lowest BCUT2D eigenvalue weighted by Crippen LogP contribution is -2.28. The summed E-state index contributed by atoms with van der Waals surface area (Å²) in [4.78, 5) is 25.0. The van der Waals surface area contributed by atoms with E-state index < -0.39 is 0 Å². The Morgan fingerprint density at radius 2 is 2.00 bits per heavy atom. The van der Waals surface area contributed by atoms with Gasteiger partial charge >= 0.3 is 0 Å². The standard InChI is InChI=1S/C17H23N3O2/c1-5-13-16(15(21)10-18-6-2)17(22)20(19-13)14-9-7-8-11(3)12(14)4/h7-9,18-19H,5-6,10H2,1-4H3. The molecule has 0 amide bonds. The molecule has 0 unspecified atom stereocenters. The monoisotopic (exact) mass is 301 g/mol. The number of ketones is 1. The van der Waals surface area contributed by atoms with E-state index in [0.29, 0.717) is 18.7 Å². The molecule has 0 aliphatic carbocycles. The van der Waals surface area contributed by atoms with E-state index in [2.05, 4.69) is 10.4 Å². The average Bonchev–Trinajstić information content (AvgIpc) is 2.84. The molecular formula is C17H23N3O2. The van der Waals surface area contributed by atoms with E-state index in [0.717, 1.165) is 16.8 Å². The lowest BCUT2D eigenvalue weighted by molar-refractivity contribution is 0.0990. The first-order valence-electron chi connectivity index (χ1n) is 7.65. The van der Waals surface area contributed by atoms with Crippen molar-refractivity contribution >= 4 is 5.78 Å².